The van der Waals surface area contributed by atoms with Crippen LogP contribution in [0.5, 0.6) is 5.75 Å². The first-order valence-electron chi connectivity index (χ1n) is 8.85. The highest BCUT2D eigenvalue weighted by Gasteiger charge is 2.13. The van der Waals surface area contributed by atoms with Crippen LogP contribution in [0.2, 0.25) is 0 Å². The molecule has 0 radical (unpaired) electrons. The van der Waals surface area contributed by atoms with Gasteiger partial charge in [0.15, 0.2) is 5.96 Å². The van der Waals surface area contributed by atoms with Gasteiger partial charge in [-0.15, -0.1) is 24.0 Å². The number of nitrogens with one attached hydrogen (secondary N) is 2. The molecular formula is C20H27IN4O3. The van der Waals surface area contributed by atoms with Crippen LogP contribution in [0.4, 0.5) is 0 Å². The first kappa shape index (κ1) is 23.7. The van der Waals surface area contributed by atoms with Crippen molar-refractivity contribution >= 4 is 35.9 Å². The number of halogens is 1. The Kier molecular flexibility index (Phi) is 10.9. The van der Waals surface area contributed by atoms with Gasteiger partial charge >= 0.3 is 5.97 Å². The van der Waals surface area contributed by atoms with E-state index < -0.39 is 5.97 Å². The van der Waals surface area contributed by atoms with Crippen LogP contribution in [-0.4, -0.2) is 44.2 Å². The predicted octanol–water partition coefficient (Wildman–Crippen LogP) is 2.79. The number of hydrogen-bond acceptors (Lipinski definition) is 5. The van der Waals surface area contributed by atoms with Gasteiger partial charge < -0.3 is 20.1 Å². The molecular weight excluding hydrogens is 471 g/mol. The van der Waals surface area contributed by atoms with Crippen molar-refractivity contribution in [1.82, 2.24) is 15.6 Å². The van der Waals surface area contributed by atoms with Crippen LogP contribution < -0.4 is 15.4 Å². The molecule has 1 aromatic carbocycles. The van der Waals surface area contributed by atoms with Gasteiger partial charge in [-0.25, -0.2) is 9.79 Å². The molecule has 7 nitrogen and oxygen atoms in total. The van der Waals surface area contributed by atoms with Gasteiger partial charge in [0.1, 0.15) is 11.3 Å². The SMILES string of the molecule is CCNC(=NCc1ccc(OC)c(C(=O)OC)c1)NCCc1ccccn1.I. The number of esters is 1. The highest BCUT2D eigenvalue weighted by Crippen LogP contribution is 2.21. The number of guanidine groups is 1. The summed E-state index contributed by atoms with van der Waals surface area (Å²) in [5, 5.41) is 6.51. The molecule has 2 aromatic rings. The van der Waals surface area contributed by atoms with Crippen molar-refractivity contribution in [2.24, 2.45) is 4.99 Å². The van der Waals surface area contributed by atoms with Gasteiger partial charge in [0.25, 0.3) is 0 Å². The number of carbonyl (C=O) groups excluding carboxylic acids is 1. The van der Waals surface area contributed by atoms with Crippen LogP contribution in [0.25, 0.3) is 0 Å². The minimum Gasteiger partial charge on any atom is -0.496 e. The maximum absolute atomic E-state index is 11.9. The number of aliphatic imine (C=N–C) groups is 1. The summed E-state index contributed by atoms with van der Waals surface area (Å²) in [6, 6.07) is 11.2. The van der Waals surface area contributed by atoms with Crippen LogP contribution in [-0.2, 0) is 17.7 Å². The summed E-state index contributed by atoms with van der Waals surface area (Å²) in [7, 11) is 2.87. The molecule has 8 heteroatoms. The number of pyridine rings is 1. The molecule has 152 valence electrons. The van der Waals surface area contributed by atoms with E-state index in [2.05, 4.69) is 20.6 Å². The number of methoxy groups -OCH3 is 2. The predicted molar refractivity (Wildman–Crippen MR) is 121 cm³/mol. The Morgan fingerprint density at radius 2 is 2.00 bits per heavy atom. The van der Waals surface area contributed by atoms with Crippen molar-refractivity contribution in [3.8, 4) is 5.75 Å². The number of benzene rings is 1. The zero-order chi connectivity index (χ0) is 19.5. The third-order valence-corrected chi connectivity index (χ3v) is 3.83. The highest BCUT2D eigenvalue weighted by atomic mass is 127. The summed E-state index contributed by atoms with van der Waals surface area (Å²) < 4.78 is 10.0. The van der Waals surface area contributed by atoms with Crippen LogP contribution in [0.1, 0.15) is 28.5 Å². The molecule has 0 fully saturated rings. The van der Waals surface area contributed by atoms with E-state index in [1.54, 1.807) is 18.3 Å². The average Bonchev–Trinajstić information content (AvgIpc) is 2.72. The second-order valence-corrected chi connectivity index (χ2v) is 5.72. The Balaban J connectivity index is 0.00000392. The van der Waals surface area contributed by atoms with E-state index in [0.717, 1.165) is 30.8 Å². The zero-order valence-electron chi connectivity index (χ0n) is 16.4. The van der Waals surface area contributed by atoms with E-state index in [0.29, 0.717) is 23.8 Å². The van der Waals surface area contributed by atoms with Gasteiger partial charge in [-0.05, 0) is 36.8 Å². The lowest BCUT2D eigenvalue weighted by Crippen LogP contribution is -2.38. The van der Waals surface area contributed by atoms with Crippen molar-refractivity contribution < 1.29 is 14.3 Å². The lowest BCUT2D eigenvalue weighted by Gasteiger charge is -2.12. The molecule has 28 heavy (non-hydrogen) atoms. The van der Waals surface area contributed by atoms with Crippen LogP contribution in [0, 0.1) is 0 Å². The smallest absolute Gasteiger partial charge is 0.341 e. The summed E-state index contributed by atoms with van der Waals surface area (Å²) in [6.45, 7) is 3.91. The molecule has 0 bridgehead atoms. The molecule has 0 aliphatic heterocycles. The fraction of sp³-hybridized carbons (Fsp3) is 0.350. The maximum atomic E-state index is 11.9. The van der Waals surface area contributed by atoms with E-state index in [-0.39, 0.29) is 24.0 Å². The molecule has 2 rings (SSSR count). The van der Waals surface area contributed by atoms with Crippen molar-refractivity contribution in [1.29, 1.82) is 0 Å². The largest absolute Gasteiger partial charge is 0.496 e. The number of aromatic nitrogens is 1. The summed E-state index contributed by atoms with van der Waals surface area (Å²) in [6.07, 6.45) is 2.59. The number of ether oxygens (including phenoxy) is 2. The van der Waals surface area contributed by atoms with E-state index in [9.17, 15) is 4.79 Å². The topological polar surface area (TPSA) is 84.8 Å². The summed E-state index contributed by atoms with van der Waals surface area (Å²) >= 11 is 0. The van der Waals surface area contributed by atoms with Crippen molar-refractivity contribution in [2.45, 2.75) is 19.9 Å². The molecule has 0 saturated carbocycles. The van der Waals surface area contributed by atoms with E-state index in [1.165, 1.54) is 14.2 Å². The molecule has 0 atom stereocenters. The highest BCUT2D eigenvalue weighted by molar-refractivity contribution is 14.0. The Hall–Kier alpha value is -2.36. The zero-order valence-corrected chi connectivity index (χ0v) is 18.7. The molecule has 0 aliphatic rings. The minimum atomic E-state index is -0.432. The first-order chi connectivity index (χ1) is 13.2. The van der Waals surface area contributed by atoms with Crippen LogP contribution in [0.3, 0.4) is 0 Å². The fourth-order valence-corrected chi connectivity index (χ4v) is 2.49. The van der Waals surface area contributed by atoms with Crippen molar-refractivity contribution in [3.05, 3.63) is 59.4 Å². The molecule has 0 spiro atoms. The van der Waals surface area contributed by atoms with Gasteiger partial charge in [0, 0.05) is 31.4 Å². The van der Waals surface area contributed by atoms with Crippen molar-refractivity contribution in [3.63, 3.8) is 0 Å². The van der Waals surface area contributed by atoms with Gasteiger partial charge in [-0.2, -0.15) is 0 Å². The van der Waals surface area contributed by atoms with Gasteiger partial charge in [0.2, 0.25) is 0 Å². The second-order valence-electron chi connectivity index (χ2n) is 5.72. The summed E-state index contributed by atoms with van der Waals surface area (Å²) in [5.41, 5.74) is 2.30. The Labute approximate surface area is 183 Å². The van der Waals surface area contributed by atoms with Gasteiger partial charge in [0.05, 0.1) is 20.8 Å². The molecule has 0 aliphatic carbocycles. The Bertz CT molecular complexity index is 769. The monoisotopic (exact) mass is 498 g/mol. The fourth-order valence-electron chi connectivity index (χ4n) is 2.49. The number of nitrogens with zero attached hydrogens (tertiary/aromatic N) is 2. The van der Waals surface area contributed by atoms with E-state index in [4.69, 9.17) is 9.47 Å². The van der Waals surface area contributed by atoms with E-state index >= 15 is 0 Å². The number of rotatable bonds is 8. The first-order valence-corrected chi connectivity index (χ1v) is 8.85. The Morgan fingerprint density at radius 1 is 1.18 bits per heavy atom. The number of hydrogen-bond donors (Lipinski definition) is 2. The molecule has 0 amide bonds. The van der Waals surface area contributed by atoms with Crippen molar-refractivity contribution in [2.75, 3.05) is 27.3 Å². The lowest BCUT2D eigenvalue weighted by atomic mass is 10.1. The number of carbonyl (C=O) groups is 1. The minimum absolute atomic E-state index is 0. The summed E-state index contributed by atoms with van der Waals surface area (Å²) in [4.78, 5) is 20.8. The van der Waals surface area contributed by atoms with Gasteiger partial charge in [-0.1, -0.05) is 12.1 Å². The molecule has 1 aromatic heterocycles. The normalized spacial score (nSPS) is 10.6. The Morgan fingerprint density at radius 3 is 2.64 bits per heavy atom. The average molecular weight is 498 g/mol. The molecule has 1 heterocycles. The second kappa shape index (κ2) is 12.9. The molecule has 0 unspecified atom stereocenters. The lowest BCUT2D eigenvalue weighted by molar-refractivity contribution is 0.0597. The van der Waals surface area contributed by atoms with E-state index in [1.807, 2.05) is 31.2 Å². The van der Waals surface area contributed by atoms with Crippen LogP contribution >= 0.6 is 24.0 Å². The maximum Gasteiger partial charge on any atom is 0.341 e. The quantitative estimate of drug-likeness (QED) is 0.252. The third kappa shape index (κ3) is 7.34. The standard InChI is InChI=1S/C20H26N4O3.HI/c1-4-21-20(23-12-10-16-7-5-6-11-22-16)24-14-15-8-9-18(26-2)17(13-15)19(25)27-3;/h5-9,11,13H,4,10,12,14H2,1-3H3,(H2,21,23,24);1H. The van der Waals surface area contributed by atoms with Crippen LogP contribution in [0.15, 0.2) is 47.6 Å². The summed E-state index contributed by atoms with van der Waals surface area (Å²) in [5.74, 6) is 0.761. The molecule has 0 saturated heterocycles. The molecule has 2 N–H and O–H groups in total. The third-order valence-electron chi connectivity index (χ3n) is 3.83. The van der Waals surface area contributed by atoms with Gasteiger partial charge in [-0.3, -0.25) is 4.98 Å².